The van der Waals surface area contributed by atoms with E-state index in [4.69, 9.17) is 97.7 Å². The molecule has 39 heteroatoms. The van der Waals surface area contributed by atoms with E-state index in [1.54, 1.807) is 0 Å². The molecule has 0 aromatic rings. The van der Waals surface area contributed by atoms with Crippen LogP contribution in [0.5, 0.6) is 0 Å². The average molecular weight is 1610 g/mol. The standard InChI is InChI=1S/C72H140N8O31/c1-6-24-107-71(5,70(2,3)4)108-31-23-79-53(84)15-13-11-9-7-8-10-12-14-16-57(88)80-72(47-101-25-17-54(85)76-20-28-95-32-35-98-38-41-104-67-58(73)64(92)61(89)50(44-81)109-67,48-102-26-18-55(86)77-21-29-96-33-36-99-39-42-105-68-59(74)65(93)62(90)51(45-82)110-68)49-103-27-19-56(87)78-22-30-97-34-37-100-40-43-106-69-60(75)66(94)63(91)52(46-83)111-69/h50-52,54,58-69,76,81-83,85,89-94H,6-49,73-75H2,1-5H3,(H,77,86)(H,78,87)(H,79,84)(H,80,88)/t50?,51?,52?,54?,58?,59?,60?,61?,62?,63?,64?,65?,66?,67?,68?,69?,71-,72?/m1/s1. The van der Waals surface area contributed by atoms with Gasteiger partial charge < -0.3 is 170 Å². The van der Waals surface area contributed by atoms with Gasteiger partial charge in [-0.2, -0.15) is 0 Å². The number of amides is 4. The third-order valence-electron chi connectivity index (χ3n) is 18.5. The van der Waals surface area contributed by atoms with Crippen molar-refractivity contribution in [1.29, 1.82) is 0 Å². The highest BCUT2D eigenvalue weighted by Crippen LogP contribution is 2.35. The van der Waals surface area contributed by atoms with E-state index < -0.39 is 129 Å². The zero-order chi connectivity index (χ0) is 81.7. The number of hydrogen-bond acceptors (Lipinski definition) is 35. The largest absolute Gasteiger partial charge is 0.394 e. The highest BCUT2D eigenvalue weighted by atomic mass is 16.7. The summed E-state index contributed by atoms with van der Waals surface area (Å²) in [5.74, 6) is -1.79. The lowest BCUT2D eigenvalue weighted by Crippen LogP contribution is -2.62. The molecular weight excluding hydrogens is 1470 g/mol. The highest BCUT2D eigenvalue weighted by molar-refractivity contribution is 5.77. The molecule has 654 valence electrons. The van der Waals surface area contributed by atoms with Gasteiger partial charge in [-0.1, -0.05) is 66.2 Å². The third kappa shape index (κ3) is 42.6. The van der Waals surface area contributed by atoms with E-state index >= 15 is 0 Å². The molecule has 39 nitrogen and oxygen atoms in total. The Morgan fingerprint density at radius 3 is 1.09 bits per heavy atom. The Bertz CT molecular complexity index is 2300. The molecule has 4 amide bonds. The van der Waals surface area contributed by atoms with Gasteiger partial charge in [-0.15, -0.1) is 0 Å². The van der Waals surface area contributed by atoms with E-state index in [1.165, 1.54) is 0 Å². The molecule has 3 aliphatic rings. The van der Waals surface area contributed by atoms with Gasteiger partial charge in [0.05, 0.1) is 183 Å². The molecule has 3 saturated heterocycles. The lowest BCUT2D eigenvalue weighted by atomic mass is 9.86. The molecule has 21 N–H and O–H groups in total. The van der Waals surface area contributed by atoms with Gasteiger partial charge in [0.1, 0.15) is 66.7 Å². The smallest absolute Gasteiger partial charge is 0.222 e. The fourth-order valence-corrected chi connectivity index (χ4v) is 11.3. The van der Waals surface area contributed by atoms with E-state index in [-0.39, 0.29) is 213 Å². The maximum absolute atomic E-state index is 14.0. The van der Waals surface area contributed by atoms with E-state index in [2.05, 4.69) is 47.4 Å². The van der Waals surface area contributed by atoms with Crippen molar-refractivity contribution < 1.29 is 151 Å². The Kier molecular flexibility index (Phi) is 55.2. The summed E-state index contributed by atoms with van der Waals surface area (Å²) in [6.45, 7) is 12.1. The lowest BCUT2D eigenvalue weighted by molar-refractivity contribution is -0.276. The molecule has 0 spiro atoms. The number of unbranched alkanes of at least 4 members (excludes halogenated alkanes) is 7. The first kappa shape index (κ1) is 102. The summed E-state index contributed by atoms with van der Waals surface area (Å²) in [4.78, 5) is 52.6. The van der Waals surface area contributed by atoms with Crippen molar-refractivity contribution >= 4 is 23.6 Å². The van der Waals surface area contributed by atoms with Gasteiger partial charge in [-0.3, -0.25) is 24.5 Å². The molecule has 3 rings (SSSR count). The van der Waals surface area contributed by atoms with E-state index in [1.807, 2.05) is 13.8 Å². The van der Waals surface area contributed by atoms with Crippen LogP contribution in [0.1, 0.15) is 125 Å². The van der Waals surface area contributed by atoms with Crippen molar-refractivity contribution in [2.45, 2.75) is 234 Å². The summed E-state index contributed by atoms with van der Waals surface area (Å²) in [7, 11) is 0. The molecule has 0 aliphatic carbocycles. The van der Waals surface area contributed by atoms with Crippen molar-refractivity contribution in [3.63, 3.8) is 0 Å². The molecule has 0 radical (unpaired) electrons. The van der Waals surface area contributed by atoms with Crippen LogP contribution >= 0.6 is 0 Å². The molecule has 0 aromatic carbocycles. The van der Waals surface area contributed by atoms with Crippen LogP contribution in [0.4, 0.5) is 0 Å². The van der Waals surface area contributed by atoms with Crippen molar-refractivity contribution in [2.75, 3.05) is 198 Å². The topological polar surface area (TPSA) is 566 Å². The number of carbonyl (C=O) groups excluding carboxylic acids is 4. The molecule has 3 aliphatic heterocycles. The van der Waals surface area contributed by atoms with Gasteiger partial charge in [-0.25, -0.2) is 0 Å². The van der Waals surface area contributed by atoms with Crippen LogP contribution in [0.25, 0.3) is 0 Å². The monoisotopic (exact) mass is 1610 g/mol. The predicted octanol–water partition coefficient (Wildman–Crippen LogP) is -5.13. The second-order valence-corrected chi connectivity index (χ2v) is 28.7. The van der Waals surface area contributed by atoms with Gasteiger partial charge in [0.15, 0.2) is 24.7 Å². The van der Waals surface area contributed by atoms with Crippen molar-refractivity contribution in [1.82, 2.24) is 26.6 Å². The Hall–Kier alpha value is -3.36. The van der Waals surface area contributed by atoms with Crippen LogP contribution in [0.15, 0.2) is 0 Å². The second-order valence-electron chi connectivity index (χ2n) is 28.7. The van der Waals surface area contributed by atoms with E-state index in [9.17, 15) is 70.2 Å². The fraction of sp³-hybridized carbons (Fsp3) is 0.944. The van der Waals surface area contributed by atoms with Crippen LogP contribution in [0, 0.1) is 5.41 Å². The quantitative estimate of drug-likeness (QED) is 0.0200. The SMILES string of the molecule is CCCO[C@](C)(OCCNC(=O)CCCCCCCCCCC(=O)NC(COCCC(=O)NCCOCCOCCOC1OC(CO)C(O)C(O)C1N)(COCCC(=O)NCCOCCOCCOC1OC(CO)C(O)C(O)C1N)COCCC(O)NCCOCCOCCOC1OC(CO)C(O)C(O)C1N)C(C)(C)C. The number of aliphatic hydroxyl groups is 10. The Balaban J connectivity index is 1.53. The lowest BCUT2D eigenvalue weighted by Gasteiger charge is -2.41. The minimum atomic E-state index is -1.36. The predicted molar refractivity (Wildman–Crippen MR) is 396 cm³/mol. The summed E-state index contributed by atoms with van der Waals surface area (Å²) >= 11 is 0. The minimum Gasteiger partial charge on any atom is -0.394 e. The van der Waals surface area contributed by atoms with Crippen LogP contribution in [0.3, 0.4) is 0 Å². The van der Waals surface area contributed by atoms with Crippen molar-refractivity contribution in [3.05, 3.63) is 0 Å². The molecule has 111 heavy (non-hydrogen) atoms. The number of hydrogen-bond donors (Lipinski definition) is 18. The number of nitrogens with one attached hydrogen (secondary N) is 5. The van der Waals surface area contributed by atoms with Crippen LogP contribution in [0.2, 0.25) is 0 Å². The number of ether oxygens (including phenoxy) is 17. The van der Waals surface area contributed by atoms with Crippen molar-refractivity contribution in [2.24, 2.45) is 22.6 Å². The first-order valence-electron chi connectivity index (χ1n) is 39.3. The second kappa shape index (κ2) is 60.2. The Morgan fingerprint density at radius 2 is 0.712 bits per heavy atom. The van der Waals surface area contributed by atoms with Crippen LogP contribution < -0.4 is 43.8 Å². The molecule has 3 heterocycles. The summed E-state index contributed by atoms with van der Waals surface area (Å²) in [5.41, 5.74) is 16.1. The zero-order valence-electron chi connectivity index (χ0n) is 66.1. The number of aliphatic hydroxyl groups excluding tert-OH is 10. The molecule has 17 atom stereocenters. The van der Waals surface area contributed by atoms with Gasteiger partial charge in [-0.05, 0) is 26.2 Å². The molecule has 0 aromatic heterocycles. The van der Waals surface area contributed by atoms with Gasteiger partial charge in [0.2, 0.25) is 23.6 Å². The molecule has 16 unspecified atom stereocenters. The first-order valence-corrected chi connectivity index (χ1v) is 39.3. The summed E-state index contributed by atoms with van der Waals surface area (Å²) in [6, 6.07) is -3.11. The molecule has 0 saturated carbocycles. The first-order chi connectivity index (χ1) is 53.3. The summed E-state index contributed by atoms with van der Waals surface area (Å²) in [6.07, 6.45) is -7.23. The maximum atomic E-state index is 14.0. The number of rotatable bonds is 68. The summed E-state index contributed by atoms with van der Waals surface area (Å²) < 4.78 is 96.9. The van der Waals surface area contributed by atoms with Gasteiger partial charge in [0.25, 0.3) is 0 Å². The van der Waals surface area contributed by atoms with E-state index in [0.717, 1.165) is 51.4 Å². The normalized spacial score (nSPS) is 25.8. The highest BCUT2D eigenvalue weighted by Gasteiger charge is 2.46. The Labute approximate surface area is 653 Å². The molecule has 3 fully saturated rings. The number of nitrogens with two attached hydrogens (primary N) is 3. The zero-order valence-corrected chi connectivity index (χ0v) is 66.1. The molecular formula is C72H140N8O31. The summed E-state index contributed by atoms with van der Waals surface area (Å²) in [5, 5.41) is 114. The average Bonchev–Trinajstić information content (AvgIpc) is 0.840. The van der Waals surface area contributed by atoms with Gasteiger partial charge >= 0.3 is 0 Å². The maximum Gasteiger partial charge on any atom is 0.222 e. The fourth-order valence-electron chi connectivity index (χ4n) is 11.3. The van der Waals surface area contributed by atoms with Crippen LogP contribution in [-0.4, -0.2) is 382 Å². The minimum absolute atomic E-state index is 0.0104. The molecule has 0 bridgehead atoms. The van der Waals surface area contributed by atoms with E-state index in [0.29, 0.717) is 32.6 Å². The van der Waals surface area contributed by atoms with Gasteiger partial charge in [0, 0.05) is 70.3 Å². The van der Waals surface area contributed by atoms with Crippen molar-refractivity contribution in [3.8, 4) is 0 Å². The van der Waals surface area contributed by atoms with Crippen LogP contribution in [-0.2, 0) is 99.7 Å². The third-order valence-corrected chi connectivity index (χ3v) is 18.5. The Morgan fingerprint density at radius 1 is 0.387 bits per heavy atom. The number of carbonyl (C=O) groups is 4.